The molecule has 0 aliphatic rings. The van der Waals surface area contributed by atoms with Gasteiger partial charge in [0.05, 0.1) is 0 Å². The van der Waals surface area contributed by atoms with E-state index in [1.807, 2.05) is 67.6 Å². The normalized spacial score (nSPS) is 11.7. The van der Waals surface area contributed by atoms with Gasteiger partial charge in [0.2, 0.25) is 0 Å². The molecule has 0 saturated carbocycles. The lowest BCUT2D eigenvalue weighted by molar-refractivity contribution is -0.144. The maximum Gasteiger partial charge on any atom is 0.344 e. The van der Waals surface area contributed by atoms with Crippen molar-refractivity contribution in [1.82, 2.24) is 0 Å². The molecule has 1 atom stereocenters. The van der Waals surface area contributed by atoms with Gasteiger partial charge in [-0.2, -0.15) is 0 Å². The Morgan fingerprint density at radius 1 is 0.872 bits per heavy atom. The number of aryl methyl sites for hydroxylation is 2. The zero-order valence-corrected chi connectivity index (χ0v) is 22.8. The number of carboxylic acids is 1. The van der Waals surface area contributed by atoms with Crippen LogP contribution in [0.25, 0.3) is 5.57 Å². The lowest BCUT2D eigenvalue weighted by Gasteiger charge is -2.14. The molecule has 0 aliphatic heterocycles. The number of hydrogen-bond acceptors (Lipinski definition) is 3. The van der Waals surface area contributed by atoms with Crippen molar-refractivity contribution in [2.24, 2.45) is 0 Å². The van der Waals surface area contributed by atoms with E-state index in [1.54, 1.807) is 12.1 Å². The second kappa shape index (κ2) is 12.9. The number of carbonyl (C=O) groups is 1. The Labute approximate surface area is 234 Å². The Hall–Kier alpha value is -4.46. The Kier molecular flexibility index (Phi) is 9.10. The van der Waals surface area contributed by atoms with Crippen molar-refractivity contribution in [3.8, 4) is 23.3 Å². The van der Waals surface area contributed by atoms with E-state index >= 15 is 0 Å². The van der Waals surface area contributed by atoms with Crippen LogP contribution in [0.4, 0.5) is 0 Å². The molecule has 1 unspecified atom stereocenters. The van der Waals surface area contributed by atoms with Gasteiger partial charge in [0.25, 0.3) is 0 Å². The molecule has 0 radical (unpaired) electrons. The SMILES string of the molecule is Cc1ccc(C#Cc2ccc(/C(=C\COc3ccc(OC(C)C(=O)O)c(C)c3)c3ccc(Cl)cc3)cc2)cc1. The van der Waals surface area contributed by atoms with Crippen molar-refractivity contribution in [2.75, 3.05) is 6.61 Å². The van der Waals surface area contributed by atoms with Crippen LogP contribution in [-0.4, -0.2) is 23.8 Å². The summed E-state index contributed by atoms with van der Waals surface area (Å²) in [6, 6.07) is 29.3. The first-order valence-corrected chi connectivity index (χ1v) is 12.9. The molecule has 0 fully saturated rings. The van der Waals surface area contributed by atoms with Crippen LogP contribution in [-0.2, 0) is 4.79 Å². The van der Waals surface area contributed by atoms with Gasteiger partial charge in [0.1, 0.15) is 18.1 Å². The van der Waals surface area contributed by atoms with Crippen molar-refractivity contribution < 1.29 is 19.4 Å². The summed E-state index contributed by atoms with van der Waals surface area (Å²) in [5.74, 6) is 6.61. The predicted molar refractivity (Wildman–Crippen MR) is 157 cm³/mol. The van der Waals surface area contributed by atoms with Gasteiger partial charge in [-0.05, 0) is 104 Å². The van der Waals surface area contributed by atoms with E-state index in [0.29, 0.717) is 23.1 Å². The average Bonchev–Trinajstić information content (AvgIpc) is 2.93. The lowest BCUT2D eigenvalue weighted by atomic mass is 9.97. The van der Waals surface area contributed by atoms with Crippen LogP contribution in [0, 0.1) is 25.7 Å². The number of halogens is 1. The summed E-state index contributed by atoms with van der Waals surface area (Å²) in [5, 5.41) is 9.76. The molecule has 5 heteroatoms. The first kappa shape index (κ1) is 27.6. The van der Waals surface area contributed by atoms with E-state index in [2.05, 4.69) is 43.0 Å². The van der Waals surface area contributed by atoms with Crippen molar-refractivity contribution in [3.05, 3.63) is 135 Å². The van der Waals surface area contributed by atoms with Gasteiger partial charge in [-0.1, -0.05) is 65.4 Å². The number of rotatable bonds is 8. The van der Waals surface area contributed by atoms with Gasteiger partial charge < -0.3 is 14.6 Å². The van der Waals surface area contributed by atoms with Crippen LogP contribution in [0.15, 0.2) is 97.1 Å². The lowest BCUT2D eigenvalue weighted by Crippen LogP contribution is -2.23. The Morgan fingerprint density at radius 2 is 1.44 bits per heavy atom. The zero-order chi connectivity index (χ0) is 27.8. The van der Waals surface area contributed by atoms with Crippen LogP contribution >= 0.6 is 11.6 Å². The molecule has 0 spiro atoms. The van der Waals surface area contributed by atoms with Gasteiger partial charge in [-0.15, -0.1) is 0 Å². The molecule has 0 amide bonds. The van der Waals surface area contributed by atoms with E-state index in [4.69, 9.17) is 26.2 Å². The molecule has 4 aromatic carbocycles. The molecule has 0 aromatic heterocycles. The minimum absolute atomic E-state index is 0.331. The highest BCUT2D eigenvalue weighted by Crippen LogP contribution is 2.27. The molecule has 196 valence electrons. The number of aliphatic carboxylic acids is 1. The van der Waals surface area contributed by atoms with E-state index < -0.39 is 12.1 Å². The standard InChI is InChI=1S/C34H29ClO4/c1-23-4-6-26(7-5-23)8-9-27-10-12-28(13-11-27)32(29-14-16-30(35)17-15-29)20-21-38-31-18-19-33(24(2)22-31)39-25(3)34(36)37/h4-7,10-20,22,25H,21H2,1-3H3,(H,36,37)/b32-20+. The summed E-state index contributed by atoms with van der Waals surface area (Å²) < 4.78 is 11.5. The first-order chi connectivity index (χ1) is 18.8. The molecule has 1 N–H and O–H groups in total. The highest BCUT2D eigenvalue weighted by Gasteiger charge is 2.14. The molecule has 0 saturated heterocycles. The predicted octanol–water partition coefficient (Wildman–Crippen LogP) is 7.72. The Bertz CT molecular complexity index is 1520. The second-order valence-electron chi connectivity index (χ2n) is 9.15. The zero-order valence-electron chi connectivity index (χ0n) is 22.1. The third-order valence-electron chi connectivity index (χ3n) is 6.09. The molecule has 0 aliphatic carbocycles. The Morgan fingerprint density at radius 3 is 2.00 bits per heavy atom. The van der Waals surface area contributed by atoms with Gasteiger partial charge in [-0.25, -0.2) is 4.79 Å². The van der Waals surface area contributed by atoms with Crippen LogP contribution < -0.4 is 9.47 Å². The topological polar surface area (TPSA) is 55.8 Å². The number of benzene rings is 4. The molecule has 0 heterocycles. The molecular formula is C34H29ClO4. The summed E-state index contributed by atoms with van der Waals surface area (Å²) >= 11 is 6.14. The van der Waals surface area contributed by atoms with Crippen molar-refractivity contribution in [2.45, 2.75) is 26.9 Å². The summed E-state index contributed by atoms with van der Waals surface area (Å²) in [6.45, 7) is 5.75. The quantitative estimate of drug-likeness (QED) is 0.234. The van der Waals surface area contributed by atoms with Crippen LogP contribution in [0.5, 0.6) is 11.5 Å². The van der Waals surface area contributed by atoms with Crippen molar-refractivity contribution in [1.29, 1.82) is 0 Å². The fourth-order valence-electron chi connectivity index (χ4n) is 3.85. The van der Waals surface area contributed by atoms with Crippen LogP contribution in [0.1, 0.15) is 40.3 Å². The van der Waals surface area contributed by atoms with Crippen LogP contribution in [0.2, 0.25) is 5.02 Å². The first-order valence-electron chi connectivity index (χ1n) is 12.6. The molecule has 4 aromatic rings. The fourth-order valence-corrected chi connectivity index (χ4v) is 3.98. The van der Waals surface area contributed by atoms with Gasteiger partial charge in [-0.3, -0.25) is 0 Å². The molecule has 39 heavy (non-hydrogen) atoms. The van der Waals surface area contributed by atoms with Gasteiger partial charge in [0.15, 0.2) is 6.10 Å². The summed E-state index contributed by atoms with van der Waals surface area (Å²) in [6.07, 6.45) is 1.10. The minimum Gasteiger partial charge on any atom is -0.489 e. The average molecular weight is 537 g/mol. The molecule has 4 rings (SSSR count). The molecule has 0 bridgehead atoms. The Balaban J connectivity index is 1.52. The number of hydrogen-bond donors (Lipinski definition) is 1. The highest BCUT2D eigenvalue weighted by atomic mass is 35.5. The van der Waals surface area contributed by atoms with Crippen molar-refractivity contribution in [3.63, 3.8) is 0 Å². The van der Waals surface area contributed by atoms with E-state index in [9.17, 15) is 4.79 Å². The largest absolute Gasteiger partial charge is 0.489 e. The van der Waals surface area contributed by atoms with Gasteiger partial charge >= 0.3 is 5.97 Å². The van der Waals surface area contributed by atoms with E-state index in [1.165, 1.54) is 12.5 Å². The van der Waals surface area contributed by atoms with Crippen LogP contribution in [0.3, 0.4) is 0 Å². The fraction of sp³-hybridized carbons (Fsp3) is 0.147. The van der Waals surface area contributed by atoms with Crippen molar-refractivity contribution >= 4 is 23.1 Å². The third kappa shape index (κ3) is 7.77. The number of carboxylic acid groups (broad SMARTS) is 1. The van der Waals surface area contributed by atoms with E-state index in [0.717, 1.165) is 33.4 Å². The number of ether oxygens (including phenoxy) is 2. The maximum absolute atomic E-state index is 11.1. The highest BCUT2D eigenvalue weighted by molar-refractivity contribution is 6.30. The van der Waals surface area contributed by atoms with E-state index in [-0.39, 0.29) is 0 Å². The van der Waals surface area contributed by atoms with Gasteiger partial charge in [0, 0.05) is 16.1 Å². The third-order valence-corrected chi connectivity index (χ3v) is 6.34. The maximum atomic E-state index is 11.1. The summed E-state index contributed by atoms with van der Waals surface area (Å²) in [7, 11) is 0. The smallest absolute Gasteiger partial charge is 0.344 e. The molecular weight excluding hydrogens is 508 g/mol. The second-order valence-corrected chi connectivity index (χ2v) is 9.59. The summed E-state index contributed by atoms with van der Waals surface area (Å²) in [5.41, 5.74) is 6.98. The molecule has 4 nitrogen and oxygen atoms in total. The monoisotopic (exact) mass is 536 g/mol. The minimum atomic E-state index is -1.01. The summed E-state index contributed by atoms with van der Waals surface area (Å²) in [4.78, 5) is 11.1.